The molecule has 0 aliphatic carbocycles. The molecule has 0 aliphatic rings. The molecule has 0 aliphatic heterocycles. The molecule has 0 radical (unpaired) electrons. The Morgan fingerprint density at radius 3 is 1.62 bits per heavy atom. The van der Waals surface area contributed by atoms with Gasteiger partial charge in [-0.25, -0.2) is 4.98 Å². The summed E-state index contributed by atoms with van der Waals surface area (Å²) < 4.78 is 0. The molecule has 224 valence electrons. The number of amides is 4. The zero-order valence-electron chi connectivity index (χ0n) is 24.3. The molecule has 0 bridgehead atoms. The summed E-state index contributed by atoms with van der Waals surface area (Å²) in [5, 5.41) is 11.2. The molecule has 0 fully saturated rings. The molecule has 0 saturated heterocycles. The van der Waals surface area contributed by atoms with Crippen LogP contribution < -0.4 is 21.3 Å². The third-order valence-corrected chi connectivity index (χ3v) is 6.83. The van der Waals surface area contributed by atoms with Gasteiger partial charge in [-0.2, -0.15) is 0 Å². The molecule has 5 N–H and O–H groups in total. The first kappa shape index (κ1) is 32.0. The van der Waals surface area contributed by atoms with Crippen LogP contribution in [0.15, 0.2) is 61.3 Å². The van der Waals surface area contributed by atoms with Crippen LogP contribution in [0.3, 0.4) is 0 Å². The minimum Gasteiger partial charge on any atom is -0.354 e. The Morgan fingerprint density at radius 2 is 1.14 bits per heavy atom. The van der Waals surface area contributed by atoms with Crippen molar-refractivity contribution >= 4 is 23.6 Å². The monoisotopic (exact) mass is 575 g/mol. The molecule has 2 atom stereocenters. The zero-order chi connectivity index (χ0) is 30.2. The smallest absolute Gasteiger partial charge is 0.252 e. The van der Waals surface area contributed by atoms with Crippen LogP contribution in [0.2, 0.25) is 0 Å². The normalized spacial score (nSPS) is 12.1. The molecule has 4 amide bonds. The molecule has 2 heterocycles. The molecule has 11 heteroatoms. The number of carbonyl (C=O) groups excluding carboxylic acids is 4. The Labute approximate surface area is 246 Å². The number of hydrogen-bond acceptors (Lipinski definition) is 6. The summed E-state index contributed by atoms with van der Waals surface area (Å²) in [7, 11) is 0. The van der Waals surface area contributed by atoms with Crippen LogP contribution in [0.25, 0.3) is 11.3 Å². The number of nitrogens with one attached hydrogen (secondary N) is 5. The van der Waals surface area contributed by atoms with E-state index in [0.717, 1.165) is 56.2 Å². The predicted octanol–water partition coefficient (Wildman–Crippen LogP) is 3.37. The number of hydrogen-bond donors (Lipinski definition) is 5. The lowest BCUT2D eigenvalue weighted by Crippen LogP contribution is -2.45. The highest BCUT2D eigenvalue weighted by atomic mass is 16.2. The zero-order valence-corrected chi connectivity index (χ0v) is 24.3. The third-order valence-electron chi connectivity index (χ3n) is 6.83. The van der Waals surface area contributed by atoms with E-state index < -0.39 is 12.1 Å². The van der Waals surface area contributed by atoms with Crippen molar-refractivity contribution in [2.45, 2.75) is 70.9 Å². The van der Waals surface area contributed by atoms with Crippen LogP contribution in [-0.4, -0.2) is 63.8 Å². The van der Waals surface area contributed by atoms with Gasteiger partial charge in [0.2, 0.25) is 11.8 Å². The van der Waals surface area contributed by atoms with Crippen molar-refractivity contribution < 1.29 is 19.2 Å². The van der Waals surface area contributed by atoms with Crippen molar-refractivity contribution in [3.63, 3.8) is 0 Å². The molecule has 1 aromatic carbocycles. The average Bonchev–Trinajstić information content (AvgIpc) is 3.55. The first-order valence-corrected chi connectivity index (χ1v) is 14.5. The first-order valence-electron chi connectivity index (χ1n) is 14.5. The molecule has 3 rings (SSSR count). The first-order chi connectivity index (χ1) is 20.3. The summed E-state index contributed by atoms with van der Waals surface area (Å²) in [5.41, 5.74) is 2.75. The van der Waals surface area contributed by atoms with E-state index >= 15 is 0 Å². The Bertz CT molecular complexity index is 1260. The van der Waals surface area contributed by atoms with Gasteiger partial charge in [0.1, 0.15) is 12.1 Å². The molecular weight excluding hydrogens is 534 g/mol. The van der Waals surface area contributed by atoms with E-state index in [4.69, 9.17) is 0 Å². The van der Waals surface area contributed by atoms with Crippen LogP contribution in [0.1, 0.15) is 79.5 Å². The highest BCUT2D eigenvalue weighted by Gasteiger charge is 2.17. The summed E-state index contributed by atoms with van der Waals surface area (Å²) in [6.07, 6.45) is 13.4. The van der Waals surface area contributed by atoms with Crippen molar-refractivity contribution in [3.05, 3.63) is 72.4 Å². The van der Waals surface area contributed by atoms with E-state index in [-0.39, 0.29) is 23.6 Å². The van der Waals surface area contributed by atoms with Gasteiger partial charge >= 0.3 is 0 Å². The topological polar surface area (TPSA) is 158 Å². The Balaban J connectivity index is 1.16. The van der Waals surface area contributed by atoms with Crippen LogP contribution in [0.5, 0.6) is 0 Å². The molecule has 3 aromatic rings. The van der Waals surface area contributed by atoms with Gasteiger partial charge in [-0.1, -0.05) is 44.2 Å². The summed E-state index contributed by atoms with van der Waals surface area (Å²) in [6.45, 7) is 4.48. The minimum absolute atomic E-state index is 0.201. The quantitative estimate of drug-likeness (QED) is 0.155. The Kier molecular flexibility index (Phi) is 13.2. The van der Waals surface area contributed by atoms with Gasteiger partial charge in [-0.15, -0.1) is 0 Å². The fourth-order valence-corrected chi connectivity index (χ4v) is 4.27. The number of unbranched alkanes of at least 4 members (excludes halogenated alkanes) is 6. The second-order valence-electron chi connectivity index (χ2n) is 10.2. The number of pyridine rings is 1. The van der Waals surface area contributed by atoms with E-state index in [2.05, 4.69) is 36.2 Å². The average molecular weight is 576 g/mol. The number of carbonyl (C=O) groups is 4. The molecule has 0 spiro atoms. The summed E-state index contributed by atoms with van der Waals surface area (Å²) in [5.74, 6) is -1.00. The molecule has 2 aromatic heterocycles. The number of rotatable bonds is 17. The van der Waals surface area contributed by atoms with E-state index in [1.807, 2.05) is 12.1 Å². The summed E-state index contributed by atoms with van der Waals surface area (Å²) in [4.78, 5) is 60.1. The van der Waals surface area contributed by atoms with Crippen molar-refractivity contribution in [1.82, 2.24) is 36.2 Å². The molecule has 0 unspecified atom stereocenters. The fraction of sp³-hybridized carbons (Fsp3) is 0.419. The lowest BCUT2D eigenvalue weighted by atomic mass is 10.1. The van der Waals surface area contributed by atoms with Crippen molar-refractivity contribution in [2.24, 2.45) is 0 Å². The number of imidazole rings is 1. The maximum Gasteiger partial charge on any atom is 0.252 e. The number of H-pyrrole nitrogens is 1. The lowest BCUT2D eigenvalue weighted by molar-refractivity contribution is -0.123. The molecular formula is C31H41N7O4. The van der Waals surface area contributed by atoms with Gasteiger partial charge in [-0.3, -0.25) is 24.2 Å². The van der Waals surface area contributed by atoms with Gasteiger partial charge in [0.15, 0.2) is 0 Å². The number of aromatic nitrogens is 3. The molecule has 11 nitrogen and oxygen atoms in total. The molecule has 42 heavy (non-hydrogen) atoms. The van der Waals surface area contributed by atoms with Gasteiger partial charge < -0.3 is 26.3 Å². The van der Waals surface area contributed by atoms with Crippen LogP contribution in [0, 0.1) is 0 Å². The number of nitrogens with zero attached hydrogens (tertiary/aromatic N) is 2. The minimum atomic E-state index is -0.633. The number of benzene rings is 1. The maximum absolute atomic E-state index is 12.5. The number of aromatic amines is 1. The van der Waals surface area contributed by atoms with Gasteiger partial charge in [-0.05, 0) is 56.5 Å². The SMILES string of the molecule is C[C@H](NC(=O)c1ccncc1)C(=O)NCCCCCCCCCNC(=O)[C@H](C)NC(=O)c1ccc(-c2cnc[nH]2)cc1. The van der Waals surface area contributed by atoms with Gasteiger partial charge in [0.05, 0.1) is 18.2 Å². The van der Waals surface area contributed by atoms with Gasteiger partial charge in [0, 0.05) is 36.6 Å². The maximum atomic E-state index is 12.5. The van der Waals surface area contributed by atoms with E-state index in [1.54, 1.807) is 50.6 Å². The molecule has 0 saturated carbocycles. The highest BCUT2D eigenvalue weighted by Crippen LogP contribution is 2.16. The van der Waals surface area contributed by atoms with E-state index in [1.165, 1.54) is 12.4 Å². The van der Waals surface area contributed by atoms with Crippen LogP contribution >= 0.6 is 0 Å². The van der Waals surface area contributed by atoms with E-state index in [0.29, 0.717) is 24.2 Å². The second-order valence-corrected chi connectivity index (χ2v) is 10.2. The summed E-state index contributed by atoms with van der Waals surface area (Å²) in [6, 6.07) is 9.07. The Morgan fingerprint density at radius 1 is 0.667 bits per heavy atom. The van der Waals surface area contributed by atoms with Gasteiger partial charge in [0.25, 0.3) is 11.8 Å². The second kappa shape index (κ2) is 17.3. The van der Waals surface area contributed by atoms with Crippen molar-refractivity contribution in [1.29, 1.82) is 0 Å². The van der Waals surface area contributed by atoms with Crippen molar-refractivity contribution in [3.8, 4) is 11.3 Å². The fourth-order valence-electron chi connectivity index (χ4n) is 4.27. The summed E-state index contributed by atoms with van der Waals surface area (Å²) >= 11 is 0. The largest absolute Gasteiger partial charge is 0.354 e. The van der Waals surface area contributed by atoms with Crippen LogP contribution in [-0.2, 0) is 9.59 Å². The highest BCUT2D eigenvalue weighted by molar-refractivity contribution is 5.98. The lowest BCUT2D eigenvalue weighted by Gasteiger charge is -2.14. The van der Waals surface area contributed by atoms with E-state index in [9.17, 15) is 19.2 Å². The standard InChI is InChI=1S/C31H41N7O4/c1-22(37-30(41)25-12-10-24(11-13-25)27-20-33-21-36-27)28(39)34-16-8-6-4-3-5-7-9-17-35-29(40)23(2)38-31(42)26-14-18-32-19-15-26/h10-15,18-23H,3-9,16-17H2,1-2H3,(H,33,36)(H,34,39)(H,35,40)(H,37,41)(H,38,42)/t22-,23-/m0/s1. The van der Waals surface area contributed by atoms with Crippen LogP contribution in [0.4, 0.5) is 0 Å². The van der Waals surface area contributed by atoms with Crippen molar-refractivity contribution in [2.75, 3.05) is 13.1 Å². The third kappa shape index (κ3) is 10.8. The Hall–Kier alpha value is -4.54. The predicted molar refractivity (Wildman–Crippen MR) is 160 cm³/mol.